The highest BCUT2D eigenvalue weighted by Gasteiger charge is 2.21. The van der Waals surface area contributed by atoms with Gasteiger partial charge in [-0.05, 0) is 24.6 Å². The molecule has 0 aliphatic carbocycles. The van der Waals surface area contributed by atoms with Crippen LogP contribution in [0.1, 0.15) is 27.0 Å². The summed E-state index contributed by atoms with van der Waals surface area (Å²) in [5.41, 5.74) is 1.70. The van der Waals surface area contributed by atoms with Crippen LogP contribution in [0.5, 0.6) is 0 Å². The number of aromatic nitrogens is 4. The Bertz CT molecular complexity index is 1080. The third kappa shape index (κ3) is 4.14. The molecular weight excluding hydrogens is 414 g/mol. The van der Waals surface area contributed by atoms with Gasteiger partial charge in [0.25, 0.3) is 5.91 Å². The first-order valence-corrected chi connectivity index (χ1v) is 10.5. The smallest absolute Gasteiger partial charge is 0.263 e. The predicted octanol–water partition coefficient (Wildman–Crippen LogP) is 4.60. The lowest BCUT2D eigenvalue weighted by Gasteiger charge is -2.19. The molecule has 1 amide bonds. The zero-order chi connectivity index (χ0) is 19.5. The Kier molecular flexibility index (Phi) is 5.52. The van der Waals surface area contributed by atoms with Gasteiger partial charge in [0.2, 0.25) is 0 Å². The molecule has 4 aromatic rings. The van der Waals surface area contributed by atoms with E-state index in [0.717, 1.165) is 15.4 Å². The van der Waals surface area contributed by atoms with Gasteiger partial charge in [0, 0.05) is 0 Å². The van der Waals surface area contributed by atoms with E-state index in [1.165, 1.54) is 29.0 Å². The number of carbonyl (C=O) groups excluding carboxylic acids is 1. The highest BCUT2D eigenvalue weighted by molar-refractivity contribution is 7.24. The highest BCUT2D eigenvalue weighted by atomic mass is 35.5. The molecule has 3 aromatic heterocycles. The van der Waals surface area contributed by atoms with Crippen LogP contribution in [0.2, 0.25) is 4.34 Å². The van der Waals surface area contributed by atoms with Gasteiger partial charge in [0.05, 0.1) is 27.5 Å². The molecule has 0 radical (unpaired) electrons. The number of aryl methyl sites for hydroxylation is 1. The van der Waals surface area contributed by atoms with Crippen LogP contribution >= 0.6 is 34.3 Å². The van der Waals surface area contributed by atoms with Crippen molar-refractivity contribution in [3.05, 3.63) is 75.6 Å². The molecule has 0 aliphatic heterocycles. The Morgan fingerprint density at radius 3 is 2.71 bits per heavy atom. The van der Waals surface area contributed by atoms with Crippen molar-refractivity contribution in [1.82, 2.24) is 25.1 Å². The Labute approximate surface area is 174 Å². The number of nitrogens with one attached hydrogen (secondary N) is 1. The number of halogens is 1. The fraction of sp³-hybridized carbons (Fsp3) is 0.158. The summed E-state index contributed by atoms with van der Waals surface area (Å²) in [7, 11) is 0. The molecule has 0 aliphatic rings. The summed E-state index contributed by atoms with van der Waals surface area (Å²) < 4.78 is 2.40. The number of nitrogens with zero attached hydrogens (tertiary/aromatic N) is 4. The topological polar surface area (TPSA) is 72.7 Å². The molecule has 6 nitrogen and oxygen atoms in total. The Balaban J connectivity index is 1.58. The van der Waals surface area contributed by atoms with Gasteiger partial charge in [-0.1, -0.05) is 41.9 Å². The van der Waals surface area contributed by atoms with E-state index in [1.54, 1.807) is 11.0 Å². The molecular formula is C19H16ClN5OS2. The maximum atomic E-state index is 13.0. The first-order chi connectivity index (χ1) is 13.6. The van der Waals surface area contributed by atoms with Crippen LogP contribution in [0.15, 0.2) is 55.1 Å². The third-order valence-corrected chi connectivity index (χ3v) is 6.69. The van der Waals surface area contributed by atoms with Crippen LogP contribution in [0, 0.1) is 6.92 Å². The van der Waals surface area contributed by atoms with E-state index in [0.29, 0.717) is 21.5 Å². The van der Waals surface area contributed by atoms with Crippen LogP contribution in [0.4, 0.5) is 0 Å². The molecule has 0 spiro atoms. The minimum absolute atomic E-state index is 0.155. The number of benzene rings is 1. The van der Waals surface area contributed by atoms with Crippen LogP contribution in [0.25, 0.3) is 9.88 Å². The van der Waals surface area contributed by atoms with E-state index < -0.39 is 0 Å². The molecule has 1 N–H and O–H groups in total. The molecule has 0 saturated carbocycles. The van der Waals surface area contributed by atoms with E-state index in [9.17, 15) is 4.79 Å². The molecule has 3 heterocycles. The summed E-state index contributed by atoms with van der Waals surface area (Å²) in [6, 6.07) is 13.3. The SMILES string of the molecule is Cc1nc(-c2ccc(Cl)s2)sc1C(=O)NC(Cn1cncn1)c1ccccc1. The molecule has 0 saturated heterocycles. The average molecular weight is 430 g/mol. The molecule has 9 heteroatoms. The monoisotopic (exact) mass is 429 g/mol. The number of hydrogen-bond acceptors (Lipinski definition) is 6. The zero-order valence-corrected chi connectivity index (χ0v) is 17.3. The summed E-state index contributed by atoms with van der Waals surface area (Å²) in [5, 5.41) is 8.08. The van der Waals surface area contributed by atoms with Gasteiger partial charge >= 0.3 is 0 Å². The van der Waals surface area contributed by atoms with Crippen LogP contribution in [-0.2, 0) is 6.54 Å². The summed E-state index contributed by atoms with van der Waals surface area (Å²) in [4.78, 5) is 23.1. The first kappa shape index (κ1) is 18.8. The van der Waals surface area contributed by atoms with E-state index in [4.69, 9.17) is 11.6 Å². The predicted molar refractivity (Wildman–Crippen MR) is 112 cm³/mol. The minimum Gasteiger partial charge on any atom is -0.343 e. The van der Waals surface area contributed by atoms with Crippen molar-refractivity contribution in [3.8, 4) is 9.88 Å². The summed E-state index contributed by atoms with van der Waals surface area (Å²) in [6.45, 7) is 2.33. The van der Waals surface area contributed by atoms with Crippen molar-refractivity contribution >= 4 is 40.2 Å². The molecule has 0 bridgehead atoms. The van der Waals surface area contributed by atoms with Gasteiger partial charge in [0.1, 0.15) is 22.5 Å². The fourth-order valence-electron chi connectivity index (χ4n) is 2.80. The van der Waals surface area contributed by atoms with Crippen LogP contribution < -0.4 is 5.32 Å². The molecule has 1 atom stereocenters. The van der Waals surface area contributed by atoms with Crippen LogP contribution in [0.3, 0.4) is 0 Å². The number of thiophene rings is 1. The van der Waals surface area contributed by atoms with Crippen molar-refractivity contribution in [1.29, 1.82) is 0 Å². The standard InChI is InChI=1S/C19H16ClN5OS2/c1-12-17(28-19(23-12)15-7-8-16(20)27-15)18(26)24-14(9-25-11-21-10-22-25)13-5-3-2-4-6-13/h2-8,10-11,14H,9H2,1H3,(H,24,26). The number of carbonyl (C=O) groups is 1. The lowest BCUT2D eigenvalue weighted by Crippen LogP contribution is -2.31. The molecule has 28 heavy (non-hydrogen) atoms. The number of thiazole rings is 1. The molecule has 1 unspecified atom stereocenters. The minimum atomic E-state index is -0.239. The summed E-state index contributed by atoms with van der Waals surface area (Å²) >= 11 is 8.85. The van der Waals surface area contributed by atoms with Crippen molar-refractivity contribution in [2.24, 2.45) is 0 Å². The molecule has 1 aromatic carbocycles. The maximum Gasteiger partial charge on any atom is 0.263 e. The normalized spacial score (nSPS) is 12.1. The maximum absolute atomic E-state index is 13.0. The highest BCUT2D eigenvalue weighted by Crippen LogP contribution is 2.35. The quantitative estimate of drug-likeness (QED) is 0.486. The second-order valence-corrected chi connectivity index (χ2v) is 8.81. The van der Waals surface area contributed by atoms with E-state index >= 15 is 0 Å². The van der Waals surface area contributed by atoms with Gasteiger partial charge < -0.3 is 5.32 Å². The Morgan fingerprint density at radius 2 is 2.04 bits per heavy atom. The second-order valence-electron chi connectivity index (χ2n) is 6.09. The fourth-order valence-corrected chi connectivity index (χ4v) is 4.87. The van der Waals surface area contributed by atoms with E-state index in [1.807, 2.05) is 49.4 Å². The largest absolute Gasteiger partial charge is 0.343 e. The third-order valence-electron chi connectivity index (χ3n) is 4.13. The second kappa shape index (κ2) is 8.22. The Morgan fingerprint density at radius 1 is 1.21 bits per heavy atom. The van der Waals surface area contributed by atoms with Crippen LogP contribution in [-0.4, -0.2) is 25.7 Å². The van der Waals surface area contributed by atoms with Crippen molar-refractivity contribution < 1.29 is 4.79 Å². The van der Waals surface area contributed by atoms with Crippen molar-refractivity contribution in [2.75, 3.05) is 0 Å². The van der Waals surface area contributed by atoms with Gasteiger partial charge in [0.15, 0.2) is 0 Å². The number of hydrogen-bond donors (Lipinski definition) is 1. The molecule has 142 valence electrons. The molecule has 4 rings (SSSR count). The van der Waals surface area contributed by atoms with Gasteiger partial charge in [-0.2, -0.15) is 5.10 Å². The summed E-state index contributed by atoms with van der Waals surface area (Å²) in [5.74, 6) is -0.155. The summed E-state index contributed by atoms with van der Waals surface area (Å²) in [6.07, 6.45) is 3.12. The lowest BCUT2D eigenvalue weighted by atomic mass is 10.1. The number of amides is 1. The van der Waals surface area contributed by atoms with Gasteiger partial charge in [-0.25, -0.2) is 9.97 Å². The average Bonchev–Trinajstić information content (AvgIpc) is 3.43. The van der Waals surface area contributed by atoms with Gasteiger partial charge in [-0.15, -0.1) is 22.7 Å². The first-order valence-electron chi connectivity index (χ1n) is 8.51. The lowest BCUT2D eigenvalue weighted by molar-refractivity contribution is 0.0935. The number of rotatable bonds is 6. The van der Waals surface area contributed by atoms with Crippen molar-refractivity contribution in [2.45, 2.75) is 19.5 Å². The van der Waals surface area contributed by atoms with E-state index in [2.05, 4.69) is 20.4 Å². The van der Waals surface area contributed by atoms with Gasteiger partial charge in [-0.3, -0.25) is 9.48 Å². The zero-order valence-electron chi connectivity index (χ0n) is 14.9. The Hall–Kier alpha value is -2.55. The van der Waals surface area contributed by atoms with E-state index in [-0.39, 0.29) is 11.9 Å². The molecule has 0 fully saturated rings. The van der Waals surface area contributed by atoms with Crippen molar-refractivity contribution in [3.63, 3.8) is 0 Å².